The molecule has 0 spiro atoms. The van der Waals surface area contributed by atoms with Crippen molar-refractivity contribution < 1.29 is 9.53 Å². The Morgan fingerprint density at radius 2 is 2.04 bits per heavy atom. The molecule has 1 saturated carbocycles. The number of halogens is 1. The fraction of sp³-hybridized carbons (Fsp3) is 0.882. The van der Waals surface area contributed by atoms with Crippen LogP contribution in [0.1, 0.15) is 52.9 Å². The molecule has 0 aromatic carbocycles. The zero-order valence-electron chi connectivity index (χ0n) is 15.4. The van der Waals surface area contributed by atoms with Gasteiger partial charge in [0.05, 0.1) is 0 Å². The fourth-order valence-corrected chi connectivity index (χ4v) is 1.98. The minimum atomic E-state index is 0. The van der Waals surface area contributed by atoms with Crippen LogP contribution in [0.4, 0.5) is 0 Å². The number of nitrogens with one attached hydrogen (secondary N) is 3. The van der Waals surface area contributed by atoms with Crippen LogP contribution in [-0.2, 0) is 9.53 Å². The zero-order valence-corrected chi connectivity index (χ0v) is 17.7. The van der Waals surface area contributed by atoms with Crippen molar-refractivity contribution in [3.63, 3.8) is 0 Å². The Kier molecular flexibility index (Phi) is 14.4. The summed E-state index contributed by atoms with van der Waals surface area (Å²) in [7, 11) is 0. The third kappa shape index (κ3) is 12.8. The van der Waals surface area contributed by atoms with E-state index in [1.54, 1.807) is 0 Å². The van der Waals surface area contributed by atoms with Crippen molar-refractivity contribution in [2.75, 3.05) is 32.8 Å². The van der Waals surface area contributed by atoms with E-state index in [1.165, 1.54) is 12.8 Å². The van der Waals surface area contributed by atoms with E-state index in [0.29, 0.717) is 13.0 Å². The lowest BCUT2D eigenvalue weighted by Crippen LogP contribution is -2.40. The number of nitrogens with zero attached hydrogens (tertiary/aromatic N) is 1. The largest absolute Gasteiger partial charge is 0.381 e. The van der Waals surface area contributed by atoms with Crippen LogP contribution in [0.3, 0.4) is 0 Å². The summed E-state index contributed by atoms with van der Waals surface area (Å²) in [5.74, 6) is 1.67. The molecule has 7 heteroatoms. The molecule has 0 aromatic heterocycles. The van der Waals surface area contributed by atoms with Gasteiger partial charge in [-0.25, -0.2) is 0 Å². The molecular formula is C17H35IN4O2. The normalized spacial score (nSPS) is 15.4. The monoisotopic (exact) mass is 454 g/mol. The SMILES string of the molecule is CCNC(=NCCCOCC1CC1)NCCC(=O)NC(C)CC.I. The topological polar surface area (TPSA) is 74.8 Å². The van der Waals surface area contributed by atoms with Crippen molar-refractivity contribution in [3.8, 4) is 0 Å². The second-order valence-electron chi connectivity index (χ2n) is 6.19. The van der Waals surface area contributed by atoms with Gasteiger partial charge in [-0.15, -0.1) is 24.0 Å². The lowest BCUT2D eigenvalue weighted by atomic mass is 10.2. The van der Waals surface area contributed by atoms with Gasteiger partial charge in [0.25, 0.3) is 0 Å². The Balaban J connectivity index is 0.00000529. The van der Waals surface area contributed by atoms with Crippen LogP contribution in [0.5, 0.6) is 0 Å². The molecule has 0 aromatic rings. The van der Waals surface area contributed by atoms with Crippen LogP contribution in [-0.4, -0.2) is 50.8 Å². The summed E-state index contributed by atoms with van der Waals surface area (Å²) in [5, 5.41) is 9.35. The highest BCUT2D eigenvalue weighted by molar-refractivity contribution is 14.0. The second kappa shape index (κ2) is 14.7. The average molecular weight is 454 g/mol. The predicted octanol–water partition coefficient (Wildman–Crippen LogP) is 2.28. The molecule has 24 heavy (non-hydrogen) atoms. The molecule has 1 unspecified atom stereocenters. The Morgan fingerprint density at radius 1 is 1.29 bits per heavy atom. The molecule has 6 nitrogen and oxygen atoms in total. The van der Waals surface area contributed by atoms with Gasteiger partial charge in [-0.05, 0) is 45.4 Å². The number of guanidine groups is 1. The van der Waals surface area contributed by atoms with Gasteiger partial charge in [0.2, 0.25) is 5.91 Å². The highest BCUT2D eigenvalue weighted by atomic mass is 127. The number of aliphatic imine (C=N–C) groups is 1. The van der Waals surface area contributed by atoms with Crippen LogP contribution < -0.4 is 16.0 Å². The minimum Gasteiger partial charge on any atom is -0.381 e. The van der Waals surface area contributed by atoms with E-state index < -0.39 is 0 Å². The number of amides is 1. The summed E-state index contributed by atoms with van der Waals surface area (Å²) < 4.78 is 5.60. The van der Waals surface area contributed by atoms with Gasteiger partial charge in [0, 0.05) is 45.3 Å². The molecule has 1 aliphatic rings. The lowest BCUT2D eigenvalue weighted by Gasteiger charge is -2.13. The van der Waals surface area contributed by atoms with Crippen molar-refractivity contribution in [2.24, 2.45) is 10.9 Å². The summed E-state index contributed by atoms with van der Waals surface area (Å²) in [6.45, 7) is 9.93. The number of carbonyl (C=O) groups is 1. The number of hydrogen-bond acceptors (Lipinski definition) is 3. The average Bonchev–Trinajstić information content (AvgIpc) is 3.34. The maximum atomic E-state index is 11.7. The number of ether oxygens (including phenoxy) is 1. The van der Waals surface area contributed by atoms with Crippen molar-refractivity contribution >= 4 is 35.8 Å². The summed E-state index contributed by atoms with van der Waals surface area (Å²) in [5.41, 5.74) is 0. The maximum Gasteiger partial charge on any atom is 0.221 e. The molecule has 0 saturated heterocycles. The van der Waals surface area contributed by atoms with Crippen LogP contribution in [0.15, 0.2) is 4.99 Å². The molecule has 0 bridgehead atoms. The van der Waals surface area contributed by atoms with Crippen molar-refractivity contribution in [2.45, 2.75) is 58.9 Å². The highest BCUT2D eigenvalue weighted by Gasteiger charge is 2.20. The quantitative estimate of drug-likeness (QED) is 0.183. The molecule has 0 radical (unpaired) electrons. The van der Waals surface area contributed by atoms with E-state index in [4.69, 9.17) is 4.74 Å². The maximum absolute atomic E-state index is 11.7. The number of rotatable bonds is 12. The van der Waals surface area contributed by atoms with Gasteiger partial charge >= 0.3 is 0 Å². The smallest absolute Gasteiger partial charge is 0.221 e. The van der Waals surface area contributed by atoms with Crippen LogP contribution in [0.2, 0.25) is 0 Å². The summed E-state index contributed by atoms with van der Waals surface area (Å²) >= 11 is 0. The molecule has 142 valence electrons. The van der Waals surface area contributed by atoms with E-state index in [-0.39, 0.29) is 35.9 Å². The van der Waals surface area contributed by atoms with E-state index in [0.717, 1.165) is 51.0 Å². The first-order valence-corrected chi connectivity index (χ1v) is 9.05. The molecule has 0 heterocycles. The second-order valence-corrected chi connectivity index (χ2v) is 6.19. The first kappa shape index (κ1) is 23.4. The van der Waals surface area contributed by atoms with Crippen LogP contribution in [0, 0.1) is 5.92 Å². The van der Waals surface area contributed by atoms with Crippen LogP contribution in [0.25, 0.3) is 0 Å². The Labute approximate surface area is 164 Å². The van der Waals surface area contributed by atoms with E-state index in [2.05, 4.69) is 27.9 Å². The first-order chi connectivity index (χ1) is 11.2. The third-order valence-corrected chi connectivity index (χ3v) is 3.78. The van der Waals surface area contributed by atoms with Gasteiger partial charge in [0.1, 0.15) is 0 Å². The predicted molar refractivity (Wildman–Crippen MR) is 110 cm³/mol. The molecule has 1 aliphatic carbocycles. The van der Waals surface area contributed by atoms with Crippen molar-refractivity contribution in [1.82, 2.24) is 16.0 Å². The molecule has 3 N–H and O–H groups in total. The Hall–Kier alpha value is -0.570. The highest BCUT2D eigenvalue weighted by Crippen LogP contribution is 2.28. The van der Waals surface area contributed by atoms with E-state index >= 15 is 0 Å². The Morgan fingerprint density at radius 3 is 2.67 bits per heavy atom. The summed E-state index contributed by atoms with van der Waals surface area (Å²) in [6.07, 6.45) is 5.00. The zero-order chi connectivity index (χ0) is 16.9. The summed E-state index contributed by atoms with van der Waals surface area (Å²) in [4.78, 5) is 16.2. The fourth-order valence-electron chi connectivity index (χ4n) is 1.98. The van der Waals surface area contributed by atoms with Gasteiger partial charge in [-0.1, -0.05) is 6.92 Å². The molecule has 1 rings (SSSR count). The van der Waals surface area contributed by atoms with Gasteiger partial charge in [-0.2, -0.15) is 0 Å². The molecule has 0 aliphatic heterocycles. The molecule has 1 fully saturated rings. The standard InChI is InChI=1S/C17H34N4O2.HI/c1-4-14(3)21-16(22)9-11-20-17(18-5-2)19-10-6-12-23-13-15-7-8-15;/h14-15H,4-13H2,1-3H3,(H,21,22)(H2,18,19,20);1H. The van der Waals surface area contributed by atoms with E-state index in [9.17, 15) is 4.79 Å². The van der Waals surface area contributed by atoms with Crippen molar-refractivity contribution in [3.05, 3.63) is 0 Å². The third-order valence-electron chi connectivity index (χ3n) is 3.78. The molecule has 1 amide bonds. The van der Waals surface area contributed by atoms with Crippen LogP contribution >= 0.6 is 24.0 Å². The van der Waals surface area contributed by atoms with Gasteiger partial charge in [-0.3, -0.25) is 9.79 Å². The van der Waals surface area contributed by atoms with Gasteiger partial charge < -0.3 is 20.7 Å². The molecular weight excluding hydrogens is 419 g/mol. The minimum absolute atomic E-state index is 0. The summed E-state index contributed by atoms with van der Waals surface area (Å²) in [6, 6.07) is 0.236. The number of hydrogen-bond donors (Lipinski definition) is 3. The number of carbonyl (C=O) groups excluding carboxylic acids is 1. The van der Waals surface area contributed by atoms with Crippen molar-refractivity contribution in [1.29, 1.82) is 0 Å². The lowest BCUT2D eigenvalue weighted by molar-refractivity contribution is -0.121. The first-order valence-electron chi connectivity index (χ1n) is 9.05. The van der Waals surface area contributed by atoms with Gasteiger partial charge in [0.15, 0.2) is 5.96 Å². The van der Waals surface area contributed by atoms with E-state index in [1.807, 2.05) is 13.8 Å². The molecule has 1 atom stereocenters. The Bertz CT molecular complexity index is 362.